The van der Waals surface area contributed by atoms with Crippen LogP contribution < -0.4 is 11.5 Å². The number of aliphatic hydroxyl groups excluding tert-OH is 2. The number of ether oxygens (including phenoxy) is 3. The van der Waals surface area contributed by atoms with Crippen molar-refractivity contribution in [2.45, 2.75) is 62.4 Å². The number of hydrogen-bond donors (Lipinski definition) is 4. The Morgan fingerprint density at radius 3 is 2.50 bits per heavy atom. The predicted molar refractivity (Wildman–Crippen MR) is 77.0 cm³/mol. The summed E-state index contributed by atoms with van der Waals surface area (Å²) in [6.45, 7) is -0.243. The zero-order valence-electron chi connectivity index (χ0n) is 12.2. The van der Waals surface area contributed by atoms with Crippen molar-refractivity contribution in [1.82, 2.24) is 0 Å². The highest BCUT2D eigenvalue weighted by Gasteiger charge is 2.48. The average molecular weight is 314 g/mol. The van der Waals surface area contributed by atoms with Crippen molar-refractivity contribution >= 4 is 12.0 Å². The fraction of sp³-hybridized carbons (Fsp3) is 0.846. The first-order valence-electron chi connectivity index (χ1n) is 7.52. The van der Waals surface area contributed by atoms with E-state index in [0.29, 0.717) is 18.2 Å². The second-order valence-corrected chi connectivity index (χ2v) is 5.76. The van der Waals surface area contributed by atoms with Crippen molar-refractivity contribution in [2.24, 2.45) is 21.5 Å². The third-order valence-corrected chi connectivity index (χ3v) is 4.24. The molecule has 9 nitrogen and oxygen atoms in total. The first-order valence-corrected chi connectivity index (χ1v) is 7.52. The van der Waals surface area contributed by atoms with Gasteiger partial charge in [-0.3, -0.25) is 0 Å². The fourth-order valence-corrected chi connectivity index (χ4v) is 3.11. The lowest BCUT2D eigenvalue weighted by Crippen LogP contribution is -2.35. The smallest absolute Gasteiger partial charge is 0.285 e. The molecule has 4 rings (SSSR count). The lowest BCUT2D eigenvalue weighted by atomic mass is 9.94. The standard InChI is InChI=1S/C7H12N2O.C6H10N2O4/c8-7-9-5-3-1-2-4-6(5)10-7;7-6-8-5-4(12-6)3(10)2(1-9)11-5/h5-6H,1-4H2,(H2,8,9);2-5,9-10H,1H2,(H2,7,8). The third kappa shape index (κ3) is 2.96. The lowest BCUT2D eigenvalue weighted by molar-refractivity contribution is -0.0206. The van der Waals surface area contributed by atoms with Crippen LogP contribution in [0.5, 0.6) is 0 Å². The second-order valence-electron chi connectivity index (χ2n) is 5.76. The van der Waals surface area contributed by atoms with Crippen LogP contribution in [0, 0.1) is 0 Å². The quantitative estimate of drug-likeness (QED) is 0.457. The van der Waals surface area contributed by atoms with E-state index in [0.717, 1.165) is 12.8 Å². The highest BCUT2D eigenvalue weighted by Crippen LogP contribution is 2.28. The Bertz CT molecular complexity index is 471. The number of amidine groups is 2. The van der Waals surface area contributed by atoms with Gasteiger partial charge >= 0.3 is 0 Å². The van der Waals surface area contributed by atoms with Crippen molar-refractivity contribution in [3.63, 3.8) is 0 Å². The number of aliphatic hydroxyl groups is 2. The van der Waals surface area contributed by atoms with Gasteiger partial charge in [-0.15, -0.1) is 0 Å². The molecule has 1 saturated heterocycles. The molecule has 6 atom stereocenters. The molecule has 9 heteroatoms. The molecule has 0 aromatic rings. The maximum absolute atomic E-state index is 9.44. The van der Waals surface area contributed by atoms with Gasteiger partial charge in [0.25, 0.3) is 12.0 Å². The molecule has 4 aliphatic rings. The van der Waals surface area contributed by atoms with Gasteiger partial charge in [-0.2, -0.15) is 4.99 Å². The normalized spacial score (nSPS) is 42.1. The van der Waals surface area contributed by atoms with Crippen molar-refractivity contribution < 1.29 is 24.4 Å². The van der Waals surface area contributed by atoms with E-state index in [1.165, 1.54) is 12.8 Å². The van der Waals surface area contributed by atoms with Gasteiger partial charge in [0, 0.05) is 0 Å². The molecule has 3 heterocycles. The number of fused-ring (bicyclic) bond motifs is 2. The summed E-state index contributed by atoms with van der Waals surface area (Å²) in [7, 11) is 0. The van der Waals surface area contributed by atoms with E-state index in [9.17, 15) is 5.11 Å². The van der Waals surface area contributed by atoms with Gasteiger partial charge in [-0.25, -0.2) is 4.99 Å². The topological polar surface area (TPSA) is 145 Å². The summed E-state index contributed by atoms with van der Waals surface area (Å²) in [5.74, 6) is 0. The van der Waals surface area contributed by atoms with Crippen LogP contribution in [0.25, 0.3) is 0 Å². The molecule has 1 aliphatic carbocycles. The molecule has 1 saturated carbocycles. The van der Waals surface area contributed by atoms with E-state index in [4.69, 9.17) is 30.8 Å². The zero-order chi connectivity index (χ0) is 15.7. The summed E-state index contributed by atoms with van der Waals surface area (Å²) in [5, 5.41) is 18.2. The van der Waals surface area contributed by atoms with Gasteiger partial charge < -0.3 is 35.9 Å². The van der Waals surface area contributed by atoms with Crippen LogP contribution in [0.15, 0.2) is 9.98 Å². The minimum atomic E-state index is -0.857. The van der Waals surface area contributed by atoms with Crippen molar-refractivity contribution in [3.8, 4) is 0 Å². The van der Waals surface area contributed by atoms with Crippen LogP contribution in [0.3, 0.4) is 0 Å². The molecule has 124 valence electrons. The van der Waals surface area contributed by atoms with Crippen LogP contribution in [0.2, 0.25) is 0 Å². The Labute approximate surface area is 128 Å². The maximum Gasteiger partial charge on any atom is 0.285 e. The van der Waals surface area contributed by atoms with Gasteiger partial charge in [0.2, 0.25) is 0 Å². The SMILES string of the molecule is NC1=NC2CCCCC2O1.NC1=NC2OC(CO)C(O)C2O1. The molecule has 0 bridgehead atoms. The average Bonchev–Trinajstić information content (AvgIpc) is 3.13. The van der Waals surface area contributed by atoms with Gasteiger partial charge in [0.15, 0.2) is 12.3 Å². The Kier molecular flexibility index (Phi) is 4.37. The van der Waals surface area contributed by atoms with Crippen LogP contribution >= 0.6 is 0 Å². The number of nitrogens with two attached hydrogens (primary N) is 2. The minimum absolute atomic E-state index is 0.0282. The van der Waals surface area contributed by atoms with Crippen LogP contribution in [0.1, 0.15) is 25.7 Å². The summed E-state index contributed by atoms with van der Waals surface area (Å²) < 4.78 is 15.4. The Morgan fingerprint density at radius 2 is 1.82 bits per heavy atom. The van der Waals surface area contributed by atoms with E-state index in [2.05, 4.69) is 9.98 Å². The number of rotatable bonds is 1. The molecule has 2 fully saturated rings. The molecule has 6 N–H and O–H groups in total. The molecular formula is C13H22N4O5. The number of aliphatic imine (C=N–C) groups is 2. The molecule has 6 unspecified atom stereocenters. The molecule has 22 heavy (non-hydrogen) atoms. The maximum atomic E-state index is 9.44. The van der Waals surface area contributed by atoms with Crippen LogP contribution in [-0.4, -0.2) is 65.5 Å². The largest absolute Gasteiger partial charge is 0.460 e. The number of hydrogen-bond acceptors (Lipinski definition) is 9. The van der Waals surface area contributed by atoms with Crippen molar-refractivity contribution in [1.29, 1.82) is 0 Å². The van der Waals surface area contributed by atoms with E-state index < -0.39 is 24.5 Å². The summed E-state index contributed by atoms with van der Waals surface area (Å²) in [6, 6.07) is 0.811. The van der Waals surface area contributed by atoms with Crippen molar-refractivity contribution in [2.75, 3.05) is 6.61 Å². The second kappa shape index (κ2) is 6.27. The van der Waals surface area contributed by atoms with E-state index in [1.807, 2.05) is 0 Å². The highest BCUT2D eigenvalue weighted by molar-refractivity contribution is 5.74. The Balaban J connectivity index is 0.000000133. The fourth-order valence-electron chi connectivity index (χ4n) is 3.11. The van der Waals surface area contributed by atoms with Crippen LogP contribution in [-0.2, 0) is 14.2 Å². The van der Waals surface area contributed by atoms with Gasteiger partial charge in [0.05, 0.1) is 12.6 Å². The van der Waals surface area contributed by atoms with Crippen molar-refractivity contribution in [3.05, 3.63) is 0 Å². The first-order chi connectivity index (χ1) is 10.6. The lowest BCUT2D eigenvalue weighted by Gasteiger charge is -2.21. The first kappa shape index (κ1) is 15.3. The molecular weight excluding hydrogens is 292 g/mol. The molecule has 0 amide bonds. The predicted octanol–water partition coefficient (Wildman–Crippen LogP) is -1.58. The van der Waals surface area contributed by atoms with Crippen LogP contribution in [0.4, 0.5) is 0 Å². The molecule has 0 radical (unpaired) electrons. The minimum Gasteiger partial charge on any atom is -0.460 e. The zero-order valence-corrected chi connectivity index (χ0v) is 12.2. The Hall–Kier alpha value is -1.58. The molecule has 0 spiro atoms. The van der Waals surface area contributed by atoms with E-state index >= 15 is 0 Å². The molecule has 0 aromatic heterocycles. The van der Waals surface area contributed by atoms with Gasteiger partial charge in [-0.05, 0) is 19.3 Å². The Morgan fingerprint density at radius 1 is 1.09 bits per heavy atom. The monoisotopic (exact) mass is 314 g/mol. The summed E-state index contributed by atoms with van der Waals surface area (Å²) in [5.41, 5.74) is 10.7. The molecule has 0 aromatic carbocycles. The van der Waals surface area contributed by atoms with Gasteiger partial charge in [0.1, 0.15) is 18.3 Å². The van der Waals surface area contributed by atoms with E-state index in [1.54, 1.807) is 0 Å². The van der Waals surface area contributed by atoms with E-state index in [-0.39, 0.29) is 12.6 Å². The number of nitrogens with zero attached hydrogens (tertiary/aromatic N) is 2. The molecule has 3 aliphatic heterocycles. The van der Waals surface area contributed by atoms with Gasteiger partial charge in [-0.1, -0.05) is 6.42 Å². The third-order valence-electron chi connectivity index (χ3n) is 4.24. The summed E-state index contributed by atoms with van der Waals surface area (Å²) >= 11 is 0. The highest BCUT2D eigenvalue weighted by atomic mass is 16.6. The summed E-state index contributed by atoms with van der Waals surface area (Å²) in [6.07, 6.45) is 2.57. The summed E-state index contributed by atoms with van der Waals surface area (Å²) in [4.78, 5) is 7.96.